The van der Waals surface area contributed by atoms with Crippen molar-refractivity contribution in [3.8, 4) is 0 Å². The van der Waals surface area contributed by atoms with Gasteiger partial charge in [0.2, 0.25) is 5.95 Å². The van der Waals surface area contributed by atoms with Gasteiger partial charge in [0.25, 0.3) is 0 Å². The molecule has 8 heteroatoms. The number of hydrogen-bond acceptors (Lipinski definition) is 7. The summed E-state index contributed by atoms with van der Waals surface area (Å²) in [4.78, 5) is 17.2. The van der Waals surface area contributed by atoms with Gasteiger partial charge in [-0.25, -0.2) is 15.0 Å². The Morgan fingerprint density at radius 2 is 2.14 bits per heavy atom. The molecule has 1 aliphatic heterocycles. The second kappa shape index (κ2) is 6.85. The molecule has 0 amide bonds. The fraction of sp³-hybridized carbons (Fsp3) is 0.429. The van der Waals surface area contributed by atoms with E-state index in [1.54, 1.807) is 19.4 Å². The first-order valence-corrected chi connectivity index (χ1v) is 7.47. The lowest BCUT2D eigenvalue weighted by atomic mass is 10.0. The van der Waals surface area contributed by atoms with E-state index in [9.17, 15) is 0 Å². The predicted molar refractivity (Wildman–Crippen MR) is 84.1 cm³/mol. The number of nitrogens with one attached hydrogen (secondary N) is 2. The number of aromatic nitrogens is 4. The van der Waals surface area contributed by atoms with E-state index in [0.717, 1.165) is 24.5 Å². The molecule has 1 atom stereocenters. The molecule has 0 aliphatic carbocycles. The quantitative estimate of drug-likeness (QED) is 0.872. The Hall–Kier alpha value is -1.99. The normalized spacial score (nSPS) is 17.5. The molecule has 0 radical (unpaired) electrons. The zero-order valence-corrected chi connectivity index (χ0v) is 13.0. The second-order valence-electron chi connectivity index (χ2n) is 4.98. The highest BCUT2D eigenvalue weighted by Gasteiger charge is 2.20. The molecule has 1 saturated heterocycles. The monoisotopic (exact) mass is 320 g/mol. The van der Waals surface area contributed by atoms with Crippen LogP contribution in [0.1, 0.15) is 23.9 Å². The van der Waals surface area contributed by atoms with Gasteiger partial charge in [0.15, 0.2) is 0 Å². The van der Waals surface area contributed by atoms with E-state index in [0.29, 0.717) is 35.9 Å². The molecule has 116 valence electrons. The van der Waals surface area contributed by atoms with Crippen molar-refractivity contribution in [2.45, 2.75) is 18.9 Å². The molecule has 2 N–H and O–H groups in total. The smallest absolute Gasteiger partial charge is 0.224 e. The van der Waals surface area contributed by atoms with E-state index in [1.807, 2.05) is 6.07 Å². The highest BCUT2D eigenvalue weighted by Crippen LogP contribution is 2.26. The van der Waals surface area contributed by atoms with Crippen LogP contribution in [0.15, 0.2) is 18.5 Å². The van der Waals surface area contributed by atoms with E-state index in [4.69, 9.17) is 16.3 Å². The summed E-state index contributed by atoms with van der Waals surface area (Å²) in [5, 5.41) is 6.72. The maximum atomic E-state index is 5.78. The molecule has 22 heavy (non-hydrogen) atoms. The summed E-state index contributed by atoms with van der Waals surface area (Å²) >= 11 is 5.78. The average molecular weight is 321 g/mol. The summed E-state index contributed by atoms with van der Waals surface area (Å²) in [6.45, 7) is 1.96. The highest BCUT2D eigenvalue weighted by atomic mass is 35.5. The Labute approximate surface area is 133 Å². The van der Waals surface area contributed by atoms with Crippen LogP contribution in [0, 0.1) is 0 Å². The predicted octanol–water partition coefficient (Wildman–Crippen LogP) is 2.08. The van der Waals surface area contributed by atoms with E-state index in [1.165, 1.54) is 0 Å². The number of rotatable bonds is 5. The van der Waals surface area contributed by atoms with Crippen molar-refractivity contribution in [1.29, 1.82) is 0 Å². The fourth-order valence-electron chi connectivity index (χ4n) is 2.25. The SMILES string of the molecule is CNc1nc(NCc2ncc(Cl)cn2)cc([C@@H]2CCOC2)n1. The highest BCUT2D eigenvalue weighted by molar-refractivity contribution is 6.30. The maximum absolute atomic E-state index is 5.78. The van der Waals surface area contributed by atoms with E-state index >= 15 is 0 Å². The van der Waals surface area contributed by atoms with Gasteiger partial charge in [0, 0.05) is 38.0 Å². The van der Waals surface area contributed by atoms with Crippen LogP contribution in [0.2, 0.25) is 5.02 Å². The van der Waals surface area contributed by atoms with Gasteiger partial charge in [-0.15, -0.1) is 0 Å². The van der Waals surface area contributed by atoms with Gasteiger partial charge in [-0.05, 0) is 6.42 Å². The Morgan fingerprint density at radius 3 is 2.82 bits per heavy atom. The second-order valence-corrected chi connectivity index (χ2v) is 5.42. The topological polar surface area (TPSA) is 84.9 Å². The molecule has 3 heterocycles. The van der Waals surface area contributed by atoms with Gasteiger partial charge >= 0.3 is 0 Å². The number of nitrogens with zero attached hydrogens (tertiary/aromatic N) is 4. The summed E-state index contributed by atoms with van der Waals surface area (Å²) in [5.74, 6) is 2.30. The lowest BCUT2D eigenvalue weighted by Crippen LogP contribution is -2.10. The number of halogens is 1. The van der Waals surface area contributed by atoms with Crippen LogP contribution in [-0.4, -0.2) is 40.2 Å². The molecule has 3 rings (SSSR count). The Kier molecular flexibility index (Phi) is 4.65. The van der Waals surface area contributed by atoms with Crippen molar-refractivity contribution in [1.82, 2.24) is 19.9 Å². The first kappa shape index (κ1) is 14.9. The lowest BCUT2D eigenvalue weighted by molar-refractivity contribution is 0.193. The first-order chi connectivity index (χ1) is 10.7. The van der Waals surface area contributed by atoms with Crippen LogP contribution in [0.3, 0.4) is 0 Å². The minimum absolute atomic E-state index is 0.322. The molecule has 0 bridgehead atoms. The van der Waals surface area contributed by atoms with Gasteiger partial charge in [0.1, 0.15) is 11.6 Å². The molecule has 0 aromatic carbocycles. The molecular formula is C14H17ClN6O. The summed E-state index contributed by atoms with van der Waals surface area (Å²) < 4.78 is 5.43. The van der Waals surface area contributed by atoms with Crippen LogP contribution in [0.25, 0.3) is 0 Å². The fourth-order valence-corrected chi connectivity index (χ4v) is 2.34. The lowest BCUT2D eigenvalue weighted by Gasteiger charge is -2.12. The van der Waals surface area contributed by atoms with Gasteiger partial charge < -0.3 is 15.4 Å². The van der Waals surface area contributed by atoms with Crippen molar-refractivity contribution < 1.29 is 4.74 Å². The third-order valence-corrected chi connectivity index (χ3v) is 3.61. The van der Waals surface area contributed by atoms with Crippen molar-refractivity contribution in [2.24, 2.45) is 0 Å². The molecule has 0 unspecified atom stereocenters. The molecular weight excluding hydrogens is 304 g/mol. The van der Waals surface area contributed by atoms with Crippen LogP contribution < -0.4 is 10.6 Å². The van der Waals surface area contributed by atoms with Crippen molar-refractivity contribution in [3.05, 3.63) is 35.0 Å². The van der Waals surface area contributed by atoms with Crippen molar-refractivity contribution >= 4 is 23.4 Å². The maximum Gasteiger partial charge on any atom is 0.224 e. The minimum Gasteiger partial charge on any atom is -0.381 e. The number of anilines is 2. The first-order valence-electron chi connectivity index (χ1n) is 7.09. The average Bonchev–Trinajstić information content (AvgIpc) is 3.08. The van der Waals surface area contributed by atoms with E-state index < -0.39 is 0 Å². The molecule has 0 saturated carbocycles. The molecule has 7 nitrogen and oxygen atoms in total. The summed E-state index contributed by atoms with van der Waals surface area (Å²) in [6.07, 6.45) is 4.14. The number of ether oxygens (including phenoxy) is 1. The molecule has 1 fully saturated rings. The molecule has 0 spiro atoms. The molecule has 2 aromatic rings. The van der Waals surface area contributed by atoms with Gasteiger partial charge in [-0.2, -0.15) is 4.98 Å². The third kappa shape index (κ3) is 3.61. The van der Waals surface area contributed by atoms with Crippen molar-refractivity contribution in [3.63, 3.8) is 0 Å². The molecule has 1 aliphatic rings. The Morgan fingerprint density at radius 1 is 1.32 bits per heavy atom. The van der Waals surface area contributed by atoms with Gasteiger partial charge in [-0.1, -0.05) is 11.6 Å². The van der Waals surface area contributed by atoms with Crippen LogP contribution in [0.5, 0.6) is 0 Å². The zero-order chi connectivity index (χ0) is 15.4. The summed E-state index contributed by atoms with van der Waals surface area (Å²) in [7, 11) is 1.80. The summed E-state index contributed by atoms with van der Waals surface area (Å²) in [6, 6.07) is 1.95. The Balaban J connectivity index is 1.74. The summed E-state index contributed by atoms with van der Waals surface area (Å²) in [5.41, 5.74) is 0.983. The van der Waals surface area contributed by atoms with Crippen LogP contribution in [0.4, 0.5) is 11.8 Å². The Bertz CT molecular complexity index is 630. The number of hydrogen-bond donors (Lipinski definition) is 2. The minimum atomic E-state index is 0.322. The van der Waals surface area contributed by atoms with E-state index in [-0.39, 0.29) is 0 Å². The van der Waals surface area contributed by atoms with Gasteiger partial charge in [-0.3, -0.25) is 0 Å². The largest absolute Gasteiger partial charge is 0.381 e. The standard InChI is InChI=1S/C14H17ClN6O/c1-16-14-20-11(9-2-3-22-8-9)4-12(21-14)19-7-13-17-5-10(15)6-18-13/h4-6,9H,2-3,7-8H2,1H3,(H2,16,19,20,21)/t9-/m1/s1. The molecule has 2 aromatic heterocycles. The van der Waals surface area contributed by atoms with Crippen LogP contribution in [-0.2, 0) is 11.3 Å². The van der Waals surface area contributed by atoms with Crippen LogP contribution >= 0.6 is 11.6 Å². The zero-order valence-electron chi connectivity index (χ0n) is 12.2. The van der Waals surface area contributed by atoms with Gasteiger partial charge in [0.05, 0.1) is 23.9 Å². The third-order valence-electron chi connectivity index (χ3n) is 3.42. The van der Waals surface area contributed by atoms with Crippen molar-refractivity contribution in [2.75, 3.05) is 30.9 Å². The van der Waals surface area contributed by atoms with E-state index in [2.05, 4.69) is 30.6 Å².